The smallest absolute Gasteiger partial charge is 0.0124 e. The van der Waals surface area contributed by atoms with Crippen LogP contribution in [0.15, 0.2) is 0 Å². The SMILES string of the molecule is CC.CC(C)(CNSN)C1CCNCC1. The Morgan fingerprint density at radius 1 is 1.33 bits per heavy atom. The van der Waals surface area contributed by atoms with E-state index in [0.717, 1.165) is 12.5 Å². The Morgan fingerprint density at radius 2 is 1.87 bits per heavy atom. The molecule has 0 atom stereocenters. The summed E-state index contributed by atoms with van der Waals surface area (Å²) in [6, 6.07) is 0. The second-order valence-electron chi connectivity index (χ2n) is 4.45. The predicted molar refractivity (Wildman–Crippen MR) is 70.5 cm³/mol. The fraction of sp³-hybridized carbons (Fsp3) is 1.00. The van der Waals surface area contributed by atoms with E-state index in [2.05, 4.69) is 23.9 Å². The van der Waals surface area contributed by atoms with Crippen LogP contribution in [-0.2, 0) is 0 Å². The Morgan fingerprint density at radius 3 is 2.33 bits per heavy atom. The largest absolute Gasteiger partial charge is 0.317 e. The molecule has 1 fully saturated rings. The zero-order valence-electron chi connectivity index (χ0n) is 10.6. The molecule has 4 heteroatoms. The van der Waals surface area contributed by atoms with Crippen molar-refractivity contribution < 1.29 is 0 Å². The Labute approximate surface area is 99.2 Å². The van der Waals surface area contributed by atoms with Crippen LogP contribution < -0.4 is 15.2 Å². The van der Waals surface area contributed by atoms with Gasteiger partial charge in [-0.2, -0.15) is 0 Å². The minimum atomic E-state index is 0.370. The summed E-state index contributed by atoms with van der Waals surface area (Å²) in [4.78, 5) is 0. The normalized spacial score (nSPS) is 18.2. The molecular formula is C11H27N3S. The van der Waals surface area contributed by atoms with Gasteiger partial charge in [0.05, 0.1) is 0 Å². The number of piperidine rings is 1. The monoisotopic (exact) mass is 233 g/mol. The van der Waals surface area contributed by atoms with Crippen molar-refractivity contribution in [3.63, 3.8) is 0 Å². The van der Waals surface area contributed by atoms with E-state index in [0.29, 0.717) is 5.41 Å². The van der Waals surface area contributed by atoms with Gasteiger partial charge >= 0.3 is 0 Å². The number of nitrogens with two attached hydrogens (primary N) is 1. The molecule has 0 spiro atoms. The molecule has 0 amide bonds. The highest BCUT2D eigenvalue weighted by Gasteiger charge is 2.29. The van der Waals surface area contributed by atoms with Crippen molar-refractivity contribution in [3.05, 3.63) is 0 Å². The zero-order valence-corrected chi connectivity index (χ0v) is 11.4. The molecule has 1 heterocycles. The van der Waals surface area contributed by atoms with E-state index < -0.39 is 0 Å². The summed E-state index contributed by atoms with van der Waals surface area (Å²) in [7, 11) is 0. The summed E-state index contributed by atoms with van der Waals surface area (Å²) in [5.74, 6) is 0.827. The van der Waals surface area contributed by atoms with Crippen LogP contribution in [0.25, 0.3) is 0 Å². The maximum atomic E-state index is 5.36. The van der Waals surface area contributed by atoms with Crippen molar-refractivity contribution in [1.29, 1.82) is 0 Å². The van der Waals surface area contributed by atoms with Crippen molar-refractivity contribution in [1.82, 2.24) is 10.0 Å². The number of hydrogen-bond donors (Lipinski definition) is 3. The van der Waals surface area contributed by atoms with Crippen LogP contribution in [0.2, 0.25) is 0 Å². The minimum Gasteiger partial charge on any atom is -0.317 e. The summed E-state index contributed by atoms with van der Waals surface area (Å²) in [6.45, 7) is 12.0. The van der Waals surface area contributed by atoms with Gasteiger partial charge in [0.1, 0.15) is 0 Å². The van der Waals surface area contributed by atoms with Crippen LogP contribution in [0.1, 0.15) is 40.5 Å². The first kappa shape index (κ1) is 15.2. The van der Waals surface area contributed by atoms with Crippen LogP contribution in [0.3, 0.4) is 0 Å². The highest BCUT2D eigenvalue weighted by molar-refractivity contribution is 7.95. The number of nitrogens with one attached hydrogen (secondary N) is 2. The van der Waals surface area contributed by atoms with Gasteiger partial charge in [-0.25, -0.2) is 0 Å². The van der Waals surface area contributed by atoms with Gasteiger partial charge in [-0.15, -0.1) is 0 Å². The molecule has 1 aliphatic rings. The molecule has 0 aromatic carbocycles. The number of rotatable bonds is 4. The molecule has 0 saturated carbocycles. The van der Waals surface area contributed by atoms with Gasteiger partial charge < -0.3 is 5.32 Å². The first-order valence-corrected chi connectivity index (χ1v) is 6.84. The van der Waals surface area contributed by atoms with Crippen LogP contribution in [0.4, 0.5) is 0 Å². The lowest BCUT2D eigenvalue weighted by Gasteiger charge is -2.37. The molecule has 1 aliphatic heterocycles. The first-order chi connectivity index (χ1) is 7.17. The summed E-state index contributed by atoms with van der Waals surface area (Å²) in [5, 5.41) is 8.75. The maximum Gasteiger partial charge on any atom is 0.0124 e. The maximum absolute atomic E-state index is 5.36. The molecule has 0 aromatic heterocycles. The average Bonchev–Trinajstić information content (AvgIpc) is 2.30. The quantitative estimate of drug-likeness (QED) is 0.651. The standard InChI is InChI=1S/C9H21N3S.C2H6/c1-9(2,7-12-13-10)8-3-5-11-6-4-8;1-2/h8,11-12H,3-7,10H2,1-2H3;1-2H3. The topological polar surface area (TPSA) is 50.1 Å². The lowest BCUT2D eigenvalue weighted by Crippen LogP contribution is -2.40. The molecule has 1 rings (SSSR count). The third kappa shape index (κ3) is 5.76. The Balaban J connectivity index is 0.000000921. The van der Waals surface area contributed by atoms with Gasteiger partial charge in [0.15, 0.2) is 0 Å². The van der Waals surface area contributed by atoms with Crippen LogP contribution in [-0.4, -0.2) is 19.6 Å². The molecule has 0 bridgehead atoms. The third-order valence-corrected chi connectivity index (χ3v) is 3.37. The van der Waals surface area contributed by atoms with Gasteiger partial charge in [-0.05, 0) is 37.3 Å². The van der Waals surface area contributed by atoms with Crippen LogP contribution in [0.5, 0.6) is 0 Å². The fourth-order valence-corrected chi connectivity index (χ4v) is 2.43. The van der Waals surface area contributed by atoms with Gasteiger partial charge in [0.2, 0.25) is 0 Å². The van der Waals surface area contributed by atoms with Crippen molar-refractivity contribution in [3.8, 4) is 0 Å². The Bertz CT molecular complexity index is 145. The van der Waals surface area contributed by atoms with Crippen molar-refractivity contribution in [2.45, 2.75) is 40.5 Å². The van der Waals surface area contributed by atoms with Crippen LogP contribution in [0, 0.1) is 11.3 Å². The predicted octanol–water partition coefficient (Wildman–Crippen LogP) is 2.15. The number of hydrogen-bond acceptors (Lipinski definition) is 4. The molecule has 0 aliphatic carbocycles. The first-order valence-electron chi connectivity index (χ1n) is 5.96. The average molecular weight is 233 g/mol. The van der Waals surface area contributed by atoms with E-state index in [1.807, 2.05) is 13.8 Å². The van der Waals surface area contributed by atoms with E-state index in [1.54, 1.807) is 0 Å². The van der Waals surface area contributed by atoms with Gasteiger partial charge in [0, 0.05) is 18.7 Å². The van der Waals surface area contributed by atoms with Gasteiger partial charge in [-0.1, -0.05) is 27.7 Å². The molecule has 3 nitrogen and oxygen atoms in total. The van der Waals surface area contributed by atoms with Gasteiger partial charge in [0.25, 0.3) is 0 Å². The van der Waals surface area contributed by atoms with E-state index in [-0.39, 0.29) is 0 Å². The van der Waals surface area contributed by atoms with Crippen LogP contribution >= 0.6 is 12.1 Å². The summed E-state index contributed by atoms with van der Waals surface area (Å²) in [6.07, 6.45) is 2.59. The minimum absolute atomic E-state index is 0.370. The molecule has 92 valence electrons. The lowest BCUT2D eigenvalue weighted by atomic mass is 9.74. The van der Waals surface area contributed by atoms with E-state index in [4.69, 9.17) is 5.14 Å². The lowest BCUT2D eigenvalue weighted by molar-refractivity contribution is 0.171. The molecule has 15 heavy (non-hydrogen) atoms. The van der Waals surface area contributed by atoms with Crippen molar-refractivity contribution >= 4 is 12.1 Å². The molecular weight excluding hydrogens is 206 g/mol. The van der Waals surface area contributed by atoms with E-state index >= 15 is 0 Å². The highest BCUT2D eigenvalue weighted by atomic mass is 32.2. The zero-order chi connectivity index (χ0) is 11.7. The Kier molecular flexibility index (Phi) is 8.52. The molecule has 4 N–H and O–H groups in total. The second kappa shape index (κ2) is 8.39. The van der Waals surface area contributed by atoms with Gasteiger partial charge in [-0.3, -0.25) is 9.86 Å². The molecule has 1 saturated heterocycles. The van der Waals surface area contributed by atoms with E-state index in [9.17, 15) is 0 Å². The van der Waals surface area contributed by atoms with Crippen molar-refractivity contribution in [2.75, 3.05) is 19.6 Å². The summed E-state index contributed by atoms with van der Waals surface area (Å²) in [5.41, 5.74) is 0.370. The summed E-state index contributed by atoms with van der Waals surface area (Å²) < 4.78 is 3.16. The highest BCUT2D eigenvalue weighted by Crippen LogP contribution is 2.32. The molecule has 0 radical (unpaired) electrons. The van der Waals surface area contributed by atoms with E-state index in [1.165, 1.54) is 38.1 Å². The molecule has 0 unspecified atom stereocenters. The van der Waals surface area contributed by atoms with Crippen molar-refractivity contribution in [2.24, 2.45) is 16.5 Å². The third-order valence-electron chi connectivity index (χ3n) is 3.06. The fourth-order valence-electron chi connectivity index (χ4n) is 1.98. The molecule has 0 aromatic rings. The Hall–Kier alpha value is 0.230. The summed E-state index contributed by atoms with van der Waals surface area (Å²) >= 11 is 1.23. The second-order valence-corrected chi connectivity index (χ2v) is 4.98.